The topological polar surface area (TPSA) is 0 Å². The molecule has 0 fully saturated rings. The summed E-state index contributed by atoms with van der Waals surface area (Å²) in [5, 5.41) is 0. The second-order valence-electron chi connectivity index (χ2n) is 0. The van der Waals surface area contributed by atoms with Crippen molar-refractivity contribution in [1.29, 1.82) is 0 Å². The number of hydrogen-bond acceptors (Lipinski definition) is 0. The third-order valence-corrected chi connectivity index (χ3v) is 0. The Hall–Kier alpha value is 0.990. The monoisotopic (exact) mass is 96.1 g/mol. The van der Waals surface area contributed by atoms with E-state index in [0.717, 1.165) is 0 Å². The summed E-state index contributed by atoms with van der Waals surface area (Å²) in [5.41, 5.74) is 0. The van der Waals surface area contributed by atoms with Gasteiger partial charge in [-0.05, 0) is 0 Å². The van der Waals surface area contributed by atoms with E-state index in [0.29, 0.717) is 0 Å². The van der Waals surface area contributed by atoms with Crippen LogP contribution in [0.2, 0.25) is 0 Å². The first-order valence-electron chi connectivity index (χ1n) is 0. The Morgan fingerprint density at radius 1 is 0.500 bits per heavy atom. The molecular weight excluding hydrogens is 83.6 g/mol. The molecule has 0 saturated carbocycles. The molecule has 0 nitrogen and oxygen atoms in total. The van der Waals surface area contributed by atoms with Crippen LogP contribution in [0, 0.1) is 0 Å². The third-order valence-electron chi connectivity index (χ3n) is 0. The molecule has 0 bridgehead atoms. The standard InChI is InChI=1S/2BH3.2H3P/h4*1H3. The van der Waals surface area contributed by atoms with Crippen molar-refractivity contribution in [2.75, 3.05) is 0 Å². The van der Waals surface area contributed by atoms with E-state index in [2.05, 4.69) is 0 Å². The lowest BCUT2D eigenvalue weighted by Crippen LogP contribution is -0.382. The molecule has 0 aromatic rings. The van der Waals surface area contributed by atoms with E-state index in [-0.39, 0.29) is 36.6 Å². The molecule has 0 saturated heterocycles. The molecule has 0 spiro atoms. The Balaban J connectivity index is 0. The highest BCUT2D eigenvalue weighted by Crippen LogP contribution is 0.862. The molecule has 0 aromatic heterocycles. The lowest BCUT2D eigenvalue weighted by atomic mass is 10.8. The molecule has 0 aromatic carbocycles. The predicted molar refractivity (Wildman–Crippen MR) is 42.1 cm³/mol. The molecular formula is H12B2P2. The fourth-order valence-corrected chi connectivity index (χ4v) is 0. The van der Waals surface area contributed by atoms with Crippen molar-refractivity contribution >= 4 is 36.6 Å². The molecule has 0 aliphatic heterocycles. The number of hydrogen-bond donors (Lipinski definition) is 0. The van der Waals surface area contributed by atoms with Gasteiger partial charge in [0.05, 0.1) is 16.8 Å². The summed E-state index contributed by atoms with van der Waals surface area (Å²) in [7, 11) is 0. The maximum atomic E-state index is 0. The van der Waals surface area contributed by atoms with Crippen LogP contribution in [0.15, 0.2) is 0 Å². The van der Waals surface area contributed by atoms with Crippen LogP contribution in [0.1, 0.15) is 0 Å². The van der Waals surface area contributed by atoms with E-state index in [1.807, 2.05) is 0 Å². The Kier molecular flexibility index (Phi) is 738. The van der Waals surface area contributed by atoms with Crippen LogP contribution in [-0.2, 0) is 0 Å². The molecule has 4 heteroatoms. The van der Waals surface area contributed by atoms with Crippen molar-refractivity contribution in [2.45, 2.75) is 0 Å². The van der Waals surface area contributed by atoms with E-state index in [1.165, 1.54) is 0 Å². The van der Waals surface area contributed by atoms with E-state index >= 15 is 0 Å². The predicted octanol–water partition coefficient (Wildman–Crippen LogP) is -2.25. The van der Waals surface area contributed by atoms with Crippen LogP contribution >= 0.6 is 19.8 Å². The maximum Gasteiger partial charge on any atom is 0.0814 e. The fraction of sp³-hybridized carbons (Fsp3) is 0. The molecule has 0 aliphatic rings. The molecule has 0 heterocycles. The smallest absolute Gasteiger partial charge is 0.0814 e. The summed E-state index contributed by atoms with van der Waals surface area (Å²) < 4.78 is 0. The van der Waals surface area contributed by atoms with Gasteiger partial charge in [0.2, 0.25) is 0 Å². The van der Waals surface area contributed by atoms with E-state index in [9.17, 15) is 0 Å². The Morgan fingerprint density at radius 3 is 0.500 bits per heavy atom. The van der Waals surface area contributed by atoms with Crippen molar-refractivity contribution in [3.63, 3.8) is 0 Å². The zero-order chi connectivity index (χ0) is 0. The zero-order valence-electron chi connectivity index (χ0n) is 1.41. The highest BCUT2D eigenvalue weighted by Gasteiger charge is 0.0824. The molecule has 0 N–H and O–H groups in total. The van der Waals surface area contributed by atoms with Gasteiger partial charge in [0.15, 0.2) is 0 Å². The average Bonchev–Trinajstić information content (AvgIpc) is 0. The molecule has 2 unspecified atom stereocenters. The van der Waals surface area contributed by atoms with E-state index < -0.39 is 0 Å². The van der Waals surface area contributed by atoms with Gasteiger partial charge in [0.25, 0.3) is 0 Å². The van der Waals surface area contributed by atoms with Gasteiger partial charge in [-0.15, -0.1) is 0 Å². The van der Waals surface area contributed by atoms with Gasteiger partial charge in [-0.25, -0.2) is 0 Å². The molecule has 4 heavy (non-hydrogen) atoms. The fourth-order valence-electron chi connectivity index (χ4n) is 0. The van der Waals surface area contributed by atoms with Gasteiger partial charge in [-0.1, -0.05) is 0 Å². The van der Waals surface area contributed by atoms with Crippen molar-refractivity contribution in [3.05, 3.63) is 0 Å². The van der Waals surface area contributed by atoms with Gasteiger partial charge in [-0.2, -0.15) is 19.8 Å². The summed E-state index contributed by atoms with van der Waals surface area (Å²) in [6, 6.07) is 0. The van der Waals surface area contributed by atoms with Crippen molar-refractivity contribution in [1.82, 2.24) is 0 Å². The Labute approximate surface area is 37.5 Å². The van der Waals surface area contributed by atoms with Crippen LogP contribution < -0.4 is 0 Å². The second-order valence-corrected chi connectivity index (χ2v) is 0. The minimum atomic E-state index is 0. The summed E-state index contributed by atoms with van der Waals surface area (Å²) in [4.78, 5) is 0. The van der Waals surface area contributed by atoms with Crippen LogP contribution in [0.5, 0.6) is 0 Å². The van der Waals surface area contributed by atoms with E-state index in [4.69, 9.17) is 0 Å². The summed E-state index contributed by atoms with van der Waals surface area (Å²) >= 11 is 0. The maximum absolute atomic E-state index is 0. The van der Waals surface area contributed by atoms with Crippen molar-refractivity contribution in [3.8, 4) is 0 Å². The summed E-state index contributed by atoms with van der Waals surface area (Å²) in [5.74, 6) is 0. The Morgan fingerprint density at radius 2 is 0.500 bits per heavy atom. The molecule has 0 aliphatic carbocycles. The Bertz CT molecular complexity index is 4.00. The minimum absolute atomic E-state index is 0. The molecule has 0 amide bonds. The van der Waals surface area contributed by atoms with Crippen LogP contribution in [0.25, 0.3) is 0 Å². The van der Waals surface area contributed by atoms with Gasteiger partial charge >= 0.3 is 0 Å². The molecule has 2 atom stereocenters. The van der Waals surface area contributed by atoms with Gasteiger partial charge in [0, 0.05) is 0 Å². The lowest BCUT2D eigenvalue weighted by Gasteiger charge is -0.154. The van der Waals surface area contributed by atoms with Crippen LogP contribution in [0.3, 0.4) is 0 Å². The molecule has 28 valence electrons. The van der Waals surface area contributed by atoms with Crippen LogP contribution in [-0.4, -0.2) is 16.8 Å². The first-order valence-corrected chi connectivity index (χ1v) is 0. The lowest BCUT2D eigenvalue weighted by molar-refractivity contribution is 5.75. The highest BCUT2D eigenvalue weighted by molar-refractivity contribution is 6.92. The minimum Gasteiger partial charge on any atom is -0.153 e. The SMILES string of the molecule is B.B.P.P. The quantitative estimate of drug-likeness (QED) is 0.236. The second kappa shape index (κ2) is 36.4. The summed E-state index contributed by atoms with van der Waals surface area (Å²) in [6.45, 7) is 0. The van der Waals surface area contributed by atoms with Crippen LogP contribution in [0.4, 0.5) is 0 Å². The molecule has 0 radical (unpaired) electrons. The normalized spacial score (nSPS) is 0. The van der Waals surface area contributed by atoms with Gasteiger partial charge < -0.3 is 0 Å². The first kappa shape index (κ1) is 81.1. The third kappa shape index (κ3) is 12.1. The van der Waals surface area contributed by atoms with Crippen molar-refractivity contribution < 1.29 is 0 Å². The van der Waals surface area contributed by atoms with Crippen molar-refractivity contribution in [2.24, 2.45) is 0 Å². The largest absolute Gasteiger partial charge is 0.153 e. The van der Waals surface area contributed by atoms with Gasteiger partial charge in [-0.3, -0.25) is 0 Å². The number of rotatable bonds is 0. The van der Waals surface area contributed by atoms with Gasteiger partial charge in [0.1, 0.15) is 0 Å². The zero-order valence-corrected chi connectivity index (χ0v) is 4.24. The summed E-state index contributed by atoms with van der Waals surface area (Å²) in [6.07, 6.45) is 0. The average molecular weight is 95.7 g/mol. The molecule has 0 rings (SSSR count). The van der Waals surface area contributed by atoms with E-state index in [1.54, 1.807) is 0 Å². The first-order chi connectivity index (χ1) is 0. The highest BCUT2D eigenvalue weighted by atomic mass is 31.0.